The van der Waals surface area contributed by atoms with E-state index in [2.05, 4.69) is 15.0 Å². The van der Waals surface area contributed by atoms with Crippen LogP contribution in [0.2, 0.25) is 0 Å². The predicted octanol–water partition coefficient (Wildman–Crippen LogP) is 4.47. The van der Waals surface area contributed by atoms with E-state index in [1.165, 1.54) is 17.0 Å². The summed E-state index contributed by atoms with van der Waals surface area (Å²) < 4.78 is 117. The zero-order valence-corrected chi connectivity index (χ0v) is 19.4. The third-order valence-corrected chi connectivity index (χ3v) is 8.54. The van der Waals surface area contributed by atoms with Crippen LogP contribution in [-0.2, 0) is 20.9 Å². The zero-order valence-electron chi connectivity index (χ0n) is 18.6. The molecule has 1 amide bonds. The van der Waals surface area contributed by atoms with Gasteiger partial charge in [0.2, 0.25) is 5.91 Å². The first-order chi connectivity index (χ1) is 17.1. The van der Waals surface area contributed by atoms with Crippen LogP contribution < -0.4 is 0 Å². The van der Waals surface area contributed by atoms with Gasteiger partial charge in [-0.3, -0.25) is 18.9 Å². The molecule has 3 aliphatic rings. The fraction of sp³-hybridized carbons (Fsp3) is 0.409. The van der Waals surface area contributed by atoms with Crippen molar-refractivity contribution >= 4 is 22.2 Å². The van der Waals surface area contributed by atoms with Crippen molar-refractivity contribution in [1.82, 2.24) is 9.88 Å². The molecule has 3 aliphatic heterocycles. The Balaban J connectivity index is 1.30. The summed E-state index contributed by atoms with van der Waals surface area (Å²) in [6.07, 6.45) is -5.14. The van der Waals surface area contributed by atoms with Crippen molar-refractivity contribution in [3.63, 3.8) is 0 Å². The lowest BCUT2D eigenvalue weighted by Gasteiger charge is -2.51. The Bertz CT molecular complexity index is 1270. The summed E-state index contributed by atoms with van der Waals surface area (Å²) in [5.41, 5.74) is -6.65. The van der Waals surface area contributed by atoms with Crippen LogP contribution >= 0.6 is 10.6 Å². The van der Waals surface area contributed by atoms with Crippen LogP contribution in [0, 0.1) is 23.4 Å². The lowest BCUT2D eigenvalue weighted by molar-refractivity contribution is -0.276. The molecule has 0 aliphatic carbocycles. The Morgan fingerprint density at radius 3 is 2.24 bits per heavy atom. The van der Waals surface area contributed by atoms with E-state index >= 15 is 4.39 Å². The lowest BCUT2D eigenvalue weighted by atomic mass is 9.86. The Kier molecular flexibility index (Phi) is 5.77. The third-order valence-electron chi connectivity index (χ3n) is 6.67. The van der Waals surface area contributed by atoms with Gasteiger partial charge in [-0.1, -0.05) is 5.16 Å². The Labute approximate surface area is 206 Å². The molecule has 2 N–H and O–H groups in total. The minimum Gasteiger partial charge on any atom is -0.374 e. The first-order valence-corrected chi connectivity index (χ1v) is 12.7. The number of halogens is 7. The molecule has 1 unspecified atom stereocenters. The molecule has 0 radical (unpaired) electrons. The van der Waals surface area contributed by atoms with E-state index in [9.17, 15) is 40.2 Å². The van der Waals surface area contributed by atoms with Gasteiger partial charge in [-0.05, 0) is 24.3 Å². The Morgan fingerprint density at radius 2 is 1.73 bits per heavy atom. The first-order valence-electron chi connectivity index (χ1n) is 10.8. The summed E-state index contributed by atoms with van der Waals surface area (Å²) in [6, 6.07) is 2.84. The highest BCUT2D eigenvalue weighted by Crippen LogP contribution is 2.53. The number of carbonyl (C=O) groups excluding carboxylic acids is 1. The molecule has 37 heavy (non-hydrogen) atoms. The van der Waals surface area contributed by atoms with Crippen molar-refractivity contribution in [2.75, 3.05) is 24.6 Å². The molecule has 200 valence electrons. The number of likely N-dealkylation sites (tertiary alicyclic amines) is 1. The highest BCUT2D eigenvalue weighted by Gasteiger charge is 2.63. The van der Waals surface area contributed by atoms with Gasteiger partial charge in [0.1, 0.15) is 0 Å². The van der Waals surface area contributed by atoms with Gasteiger partial charge in [0.15, 0.2) is 23.1 Å². The number of rotatable bonds is 4. The highest BCUT2D eigenvalue weighted by molar-refractivity contribution is 8.25. The number of hydrogen-bond donors (Lipinski definition) is 2. The smallest absolute Gasteiger partial charge is 0.374 e. The Hall–Kier alpha value is -2.91. The van der Waals surface area contributed by atoms with E-state index in [1.807, 2.05) is 0 Å². The summed E-state index contributed by atoms with van der Waals surface area (Å²) in [4.78, 5) is 22.1. The van der Waals surface area contributed by atoms with E-state index in [1.54, 1.807) is 0 Å². The van der Waals surface area contributed by atoms with E-state index < -0.39 is 69.3 Å². The van der Waals surface area contributed by atoms with Crippen molar-refractivity contribution in [2.45, 2.75) is 23.9 Å². The van der Waals surface area contributed by atoms with Gasteiger partial charge in [-0.2, -0.15) is 23.8 Å². The first kappa shape index (κ1) is 25.7. The van der Waals surface area contributed by atoms with Crippen LogP contribution in [0.1, 0.15) is 23.2 Å². The minimum absolute atomic E-state index is 0.0217. The Morgan fingerprint density at radius 1 is 1.11 bits per heavy atom. The molecule has 7 nitrogen and oxygen atoms in total. The van der Waals surface area contributed by atoms with E-state index in [0.717, 1.165) is 6.20 Å². The largest absolute Gasteiger partial charge is 0.435 e. The van der Waals surface area contributed by atoms with Crippen LogP contribution in [0.4, 0.5) is 30.7 Å². The molecule has 1 aromatic heterocycles. The maximum atomic E-state index is 15.2. The molecule has 0 spiro atoms. The summed E-state index contributed by atoms with van der Waals surface area (Å²) >= 11 is 0. The molecular weight excluding hydrogens is 535 g/mol. The van der Waals surface area contributed by atoms with Crippen LogP contribution in [-0.4, -0.2) is 61.4 Å². The topological polar surface area (TPSA) is 95.2 Å². The molecule has 0 saturated carbocycles. The predicted molar refractivity (Wildman–Crippen MR) is 116 cm³/mol. The fourth-order valence-electron chi connectivity index (χ4n) is 4.55. The second-order valence-corrected chi connectivity index (χ2v) is 11.6. The third kappa shape index (κ3) is 4.22. The molecule has 1 aromatic carbocycles. The standard InChI is InChI=1S/C22H18F7N3O4S/c23-14-3-13(4-15(24)18(14)25)21(22(27,28)29)5-16(31-36-21)11-1-2-17(30-6-11)20(26)9-32(10-20)19(33)12-7-37(34,35)8-12/h1-4,6,12,34-35H,5,7-10H2. The number of pyridine rings is 1. The van der Waals surface area contributed by atoms with Crippen LogP contribution in [0.3, 0.4) is 0 Å². The summed E-state index contributed by atoms with van der Waals surface area (Å²) in [6.45, 7) is -0.645. The molecule has 2 saturated heterocycles. The second-order valence-electron chi connectivity index (χ2n) is 9.31. The molecular formula is C22H18F7N3O4S. The van der Waals surface area contributed by atoms with Gasteiger partial charge < -0.3 is 9.74 Å². The molecule has 4 heterocycles. The van der Waals surface area contributed by atoms with E-state index in [-0.39, 0.29) is 53.7 Å². The molecule has 1 atom stereocenters. The van der Waals surface area contributed by atoms with E-state index in [4.69, 9.17) is 0 Å². The number of oxime groups is 1. The lowest BCUT2D eigenvalue weighted by Crippen LogP contribution is -2.62. The molecule has 2 aromatic rings. The van der Waals surface area contributed by atoms with Crippen LogP contribution in [0.15, 0.2) is 35.6 Å². The van der Waals surface area contributed by atoms with Gasteiger partial charge in [-0.25, -0.2) is 17.6 Å². The summed E-state index contributed by atoms with van der Waals surface area (Å²) in [5.74, 6) is -6.68. The van der Waals surface area contributed by atoms with Gasteiger partial charge in [-0.15, -0.1) is 0 Å². The average Bonchev–Trinajstić information content (AvgIpc) is 3.25. The highest BCUT2D eigenvalue weighted by atomic mass is 32.3. The van der Waals surface area contributed by atoms with Crippen LogP contribution in [0.5, 0.6) is 0 Å². The maximum Gasteiger partial charge on any atom is 0.435 e. The summed E-state index contributed by atoms with van der Waals surface area (Å²) in [5, 5.41) is 3.42. The fourth-order valence-corrected chi connectivity index (χ4v) is 6.03. The van der Waals surface area contributed by atoms with E-state index in [0.29, 0.717) is 0 Å². The number of benzene rings is 1. The van der Waals surface area contributed by atoms with Crippen molar-refractivity contribution in [3.05, 3.63) is 64.7 Å². The normalized spacial score (nSPS) is 25.5. The van der Waals surface area contributed by atoms with Gasteiger partial charge in [0.05, 0.1) is 48.3 Å². The van der Waals surface area contributed by atoms with Crippen molar-refractivity contribution in [1.29, 1.82) is 0 Å². The van der Waals surface area contributed by atoms with Crippen LogP contribution in [0.25, 0.3) is 0 Å². The summed E-state index contributed by atoms with van der Waals surface area (Å²) in [7, 11) is -2.73. The molecule has 2 fully saturated rings. The molecule has 5 rings (SSSR count). The number of nitrogens with zero attached hydrogens (tertiary/aromatic N) is 3. The van der Waals surface area contributed by atoms with Gasteiger partial charge >= 0.3 is 6.18 Å². The van der Waals surface area contributed by atoms with Crippen molar-refractivity contribution in [2.24, 2.45) is 11.1 Å². The number of amides is 1. The number of hydrogen-bond acceptors (Lipinski definition) is 6. The number of aromatic nitrogens is 1. The van der Waals surface area contributed by atoms with Gasteiger partial charge in [0, 0.05) is 17.3 Å². The average molecular weight is 553 g/mol. The quantitative estimate of drug-likeness (QED) is 0.431. The second kappa shape index (κ2) is 8.30. The minimum atomic E-state index is -5.19. The number of carbonyl (C=O) groups is 1. The zero-order chi connectivity index (χ0) is 27.0. The monoisotopic (exact) mass is 553 g/mol. The molecule has 0 bridgehead atoms. The van der Waals surface area contributed by atoms with Gasteiger partial charge in [0.25, 0.3) is 5.60 Å². The SMILES string of the molecule is O=C(C1CS(O)(O)C1)N1CC(F)(c2ccc(C3=NOC(c4cc(F)c(F)c(F)c4)(C(F)(F)F)C3)cn2)C1. The molecule has 15 heteroatoms. The number of alkyl halides is 4. The maximum absolute atomic E-state index is 15.2. The van der Waals surface area contributed by atoms with Crippen molar-refractivity contribution < 1.29 is 49.5 Å². The van der Waals surface area contributed by atoms with Crippen molar-refractivity contribution in [3.8, 4) is 0 Å².